The van der Waals surface area contributed by atoms with E-state index < -0.39 is 6.04 Å². The third kappa shape index (κ3) is 3.94. The van der Waals surface area contributed by atoms with Crippen LogP contribution in [-0.2, 0) is 16.1 Å². The fraction of sp³-hybridized carbons (Fsp3) is 0.650. The number of aryl methyl sites for hydroxylation is 2. The number of nitrogens with zero attached hydrogens (tertiary/aromatic N) is 3. The van der Waals surface area contributed by atoms with E-state index >= 15 is 0 Å². The number of hydrogen-bond acceptors (Lipinski definition) is 6. The first kappa shape index (κ1) is 20.0. The van der Waals surface area contributed by atoms with Crippen molar-refractivity contribution in [3.63, 3.8) is 0 Å². The Kier molecular flexibility index (Phi) is 6.01. The lowest BCUT2D eigenvalue weighted by Crippen LogP contribution is -2.36. The summed E-state index contributed by atoms with van der Waals surface area (Å²) < 4.78 is 7.05. The molecule has 0 radical (unpaired) electrons. The highest BCUT2D eigenvalue weighted by molar-refractivity contribution is 7.18. The molecule has 0 spiro atoms. The number of likely N-dealkylation sites (tertiary alicyclic amines) is 1. The number of aromatic nitrogens is 2. The highest BCUT2D eigenvalue weighted by Gasteiger charge is 2.28. The molecule has 0 amide bonds. The van der Waals surface area contributed by atoms with Gasteiger partial charge in [-0.1, -0.05) is 6.92 Å². The van der Waals surface area contributed by atoms with Crippen LogP contribution in [0.15, 0.2) is 4.79 Å². The van der Waals surface area contributed by atoms with Crippen LogP contribution in [0, 0.1) is 13.8 Å². The summed E-state index contributed by atoms with van der Waals surface area (Å²) in [6.45, 7) is 12.1. The molecule has 1 aliphatic rings. The van der Waals surface area contributed by atoms with Crippen LogP contribution < -0.4 is 5.56 Å². The van der Waals surface area contributed by atoms with Gasteiger partial charge in [-0.15, -0.1) is 11.3 Å². The lowest BCUT2D eigenvalue weighted by molar-refractivity contribution is -0.151. The molecule has 7 heteroatoms. The second-order valence-corrected chi connectivity index (χ2v) is 8.76. The Morgan fingerprint density at radius 2 is 1.93 bits per heavy atom. The van der Waals surface area contributed by atoms with Gasteiger partial charge in [0.05, 0.1) is 18.0 Å². The number of rotatable bonds is 6. The molecule has 0 N–H and O–H groups in total. The van der Waals surface area contributed by atoms with Gasteiger partial charge in [-0.25, -0.2) is 9.78 Å². The normalized spacial score (nSPS) is 16.4. The van der Waals surface area contributed by atoms with Crippen molar-refractivity contribution in [1.82, 2.24) is 14.5 Å². The van der Waals surface area contributed by atoms with E-state index in [4.69, 9.17) is 9.72 Å². The van der Waals surface area contributed by atoms with Gasteiger partial charge in [0.15, 0.2) is 0 Å². The highest BCUT2D eigenvalue weighted by Crippen LogP contribution is 2.28. The number of hydrogen-bond donors (Lipinski definition) is 0. The summed E-state index contributed by atoms with van der Waals surface area (Å²) in [7, 11) is 0. The van der Waals surface area contributed by atoms with Gasteiger partial charge in [-0.2, -0.15) is 0 Å². The molecule has 3 rings (SSSR count). The van der Waals surface area contributed by atoms with E-state index in [1.165, 1.54) is 0 Å². The van der Waals surface area contributed by atoms with Crippen molar-refractivity contribution in [2.75, 3.05) is 13.1 Å². The lowest BCUT2D eigenvalue weighted by atomic mass is 10.1. The van der Waals surface area contributed by atoms with E-state index in [0.717, 1.165) is 41.2 Å². The van der Waals surface area contributed by atoms with Gasteiger partial charge >= 0.3 is 5.97 Å². The second kappa shape index (κ2) is 8.10. The fourth-order valence-electron chi connectivity index (χ4n) is 3.69. The molecule has 0 aliphatic carbocycles. The van der Waals surface area contributed by atoms with Crippen LogP contribution in [0.3, 0.4) is 0 Å². The molecule has 27 heavy (non-hydrogen) atoms. The monoisotopic (exact) mass is 391 g/mol. The second-order valence-electron chi connectivity index (χ2n) is 7.56. The predicted octanol–water partition coefficient (Wildman–Crippen LogP) is 3.57. The molecule has 1 atom stereocenters. The molecular formula is C20H29N3O3S. The van der Waals surface area contributed by atoms with Gasteiger partial charge in [-0.05, 0) is 65.6 Å². The van der Waals surface area contributed by atoms with E-state index in [9.17, 15) is 9.59 Å². The summed E-state index contributed by atoms with van der Waals surface area (Å²) in [4.78, 5) is 35.2. The van der Waals surface area contributed by atoms with Crippen LogP contribution >= 0.6 is 11.3 Å². The Morgan fingerprint density at radius 3 is 2.52 bits per heavy atom. The zero-order valence-electron chi connectivity index (χ0n) is 16.9. The minimum absolute atomic E-state index is 0.122. The Labute approximate surface area is 164 Å². The van der Waals surface area contributed by atoms with Gasteiger partial charge in [0.2, 0.25) is 0 Å². The summed E-state index contributed by atoms with van der Waals surface area (Å²) in [5, 5.41) is 0.637. The molecular weight excluding hydrogens is 362 g/mol. The minimum Gasteiger partial charge on any atom is -0.461 e. The molecule has 0 bridgehead atoms. The quantitative estimate of drug-likeness (QED) is 0.705. The van der Waals surface area contributed by atoms with E-state index in [1.807, 2.05) is 34.6 Å². The molecule has 148 valence electrons. The number of carbonyl (C=O) groups excluding carboxylic acids is 1. The van der Waals surface area contributed by atoms with Gasteiger partial charge in [0, 0.05) is 4.88 Å². The van der Waals surface area contributed by atoms with Gasteiger partial charge in [0.1, 0.15) is 16.7 Å². The van der Waals surface area contributed by atoms with Crippen LogP contribution in [0.1, 0.15) is 62.3 Å². The molecule has 3 heterocycles. The maximum absolute atomic E-state index is 13.5. The van der Waals surface area contributed by atoms with Crippen molar-refractivity contribution in [2.24, 2.45) is 0 Å². The summed E-state index contributed by atoms with van der Waals surface area (Å²) in [6, 6.07) is -0.644. The van der Waals surface area contributed by atoms with Crippen molar-refractivity contribution in [2.45, 2.75) is 72.6 Å². The average molecular weight is 392 g/mol. The smallest absolute Gasteiger partial charge is 0.329 e. The van der Waals surface area contributed by atoms with E-state index in [1.54, 1.807) is 15.9 Å². The maximum atomic E-state index is 13.5. The standard InChI is InChI=1S/C20H29N3O3S/c1-6-15(20(25)26-12(2)3)23-16(11-22-9-7-8-10-22)21-18-17(19(23)24)13(4)14(5)27-18/h12,15H,6-11H2,1-5H3. The maximum Gasteiger partial charge on any atom is 0.329 e. The number of carbonyl (C=O) groups is 1. The lowest BCUT2D eigenvalue weighted by Gasteiger charge is -2.24. The first-order chi connectivity index (χ1) is 12.8. The third-order valence-electron chi connectivity index (χ3n) is 5.19. The molecule has 1 fully saturated rings. The SMILES string of the molecule is CCC(C(=O)OC(C)C)n1c(CN2CCCC2)nc2sc(C)c(C)c2c1=O. The van der Waals surface area contributed by atoms with Crippen LogP contribution in [0.5, 0.6) is 0 Å². The molecule has 0 saturated carbocycles. The Morgan fingerprint density at radius 1 is 1.26 bits per heavy atom. The van der Waals surface area contributed by atoms with Gasteiger partial charge in [0.25, 0.3) is 5.56 Å². The first-order valence-electron chi connectivity index (χ1n) is 9.77. The van der Waals surface area contributed by atoms with Crippen molar-refractivity contribution >= 4 is 27.5 Å². The van der Waals surface area contributed by atoms with Crippen molar-refractivity contribution in [3.05, 3.63) is 26.6 Å². The molecule has 2 aromatic heterocycles. The van der Waals surface area contributed by atoms with E-state index in [0.29, 0.717) is 24.2 Å². The molecule has 1 unspecified atom stereocenters. The van der Waals surface area contributed by atoms with E-state index in [-0.39, 0.29) is 17.6 Å². The topological polar surface area (TPSA) is 64.4 Å². The van der Waals surface area contributed by atoms with Crippen molar-refractivity contribution < 1.29 is 9.53 Å². The Hall–Kier alpha value is -1.73. The van der Waals surface area contributed by atoms with Gasteiger partial charge < -0.3 is 4.74 Å². The Bertz CT molecular complexity index is 894. The van der Waals surface area contributed by atoms with Crippen LogP contribution in [0.25, 0.3) is 10.2 Å². The van der Waals surface area contributed by atoms with Crippen LogP contribution in [0.4, 0.5) is 0 Å². The van der Waals surface area contributed by atoms with Crippen LogP contribution in [0.2, 0.25) is 0 Å². The zero-order chi connectivity index (χ0) is 19.7. The predicted molar refractivity (Wildman–Crippen MR) is 108 cm³/mol. The van der Waals surface area contributed by atoms with Crippen molar-refractivity contribution in [1.29, 1.82) is 0 Å². The fourth-order valence-corrected chi connectivity index (χ4v) is 4.73. The number of ether oxygens (including phenoxy) is 1. The van der Waals surface area contributed by atoms with Crippen molar-refractivity contribution in [3.8, 4) is 0 Å². The zero-order valence-corrected chi connectivity index (χ0v) is 17.7. The molecule has 1 saturated heterocycles. The minimum atomic E-state index is -0.644. The number of thiophene rings is 1. The number of fused-ring (bicyclic) bond motifs is 1. The molecule has 0 aromatic carbocycles. The molecule has 2 aromatic rings. The summed E-state index contributed by atoms with van der Waals surface area (Å²) in [5.74, 6) is 0.311. The van der Waals surface area contributed by atoms with E-state index in [2.05, 4.69) is 4.90 Å². The number of esters is 1. The largest absolute Gasteiger partial charge is 0.461 e. The first-order valence-corrected chi connectivity index (χ1v) is 10.6. The molecule has 6 nitrogen and oxygen atoms in total. The van der Waals surface area contributed by atoms with Gasteiger partial charge in [-0.3, -0.25) is 14.3 Å². The Balaban J connectivity index is 2.16. The summed E-state index contributed by atoms with van der Waals surface area (Å²) in [6.07, 6.45) is 2.60. The summed E-state index contributed by atoms with van der Waals surface area (Å²) >= 11 is 1.55. The highest BCUT2D eigenvalue weighted by atomic mass is 32.1. The summed E-state index contributed by atoms with van der Waals surface area (Å²) in [5.41, 5.74) is 0.838. The third-order valence-corrected chi connectivity index (χ3v) is 6.30. The molecule has 1 aliphatic heterocycles. The average Bonchev–Trinajstić information content (AvgIpc) is 3.19. The van der Waals surface area contributed by atoms with Crippen LogP contribution in [-0.4, -0.2) is 39.6 Å².